The summed E-state index contributed by atoms with van der Waals surface area (Å²) in [6.45, 7) is 1.33. The largest absolute Gasteiger partial charge is 0.238 e. The maximum Gasteiger partial charge on any atom is 0.238 e. The Labute approximate surface area is 88.0 Å². The smallest absolute Gasteiger partial charge is 0.225 e. The number of rotatable bonds is 2. The molecule has 0 spiro atoms. The molecule has 0 radical (unpaired) electrons. The third-order valence-electron chi connectivity index (χ3n) is 1.85. The topological polar surface area (TPSA) is 120 Å². The molecule has 0 amide bonds. The van der Waals surface area contributed by atoms with Crippen LogP contribution in [0.4, 0.5) is 0 Å². The van der Waals surface area contributed by atoms with E-state index in [0.717, 1.165) is 0 Å². The average molecular weight is 250 g/mol. The van der Waals surface area contributed by atoms with Crippen LogP contribution < -0.4 is 10.3 Å². The fraction of sp³-hybridized carbons (Fsp3) is 0.143. The molecule has 0 heterocycles. The molecule has 0 bridgehead atoms. The maximum atomic E-state index is 11.1. The molecule has 0 unspecified atom stereocenters. The van der Waals surface area contributed by atoms with Gasteiger partial charge in [-0.2, -0.15) is 0 Å². The molecular formula is C7H10N2O4S2. The Hall–Kier alpha value is -0.960. The predicted molar refractivity (Wildman–Crippen MR) is 53.9 cm³/mol. The van der Waals surface area contributed by atoms with Gasteiger partial charge in [-0.05, 0) is 24.6 Å². The van der Waals surface area contributed by atoms with Crippen molar-refractivity contribution in [3.63, 3.8) is 0 Å². The Balaban J connectivity index is 3.65. The summed E-state index contributed by atoms with van der Waals surface area (Å²) in [5, 5.41) is 9.81. The zero-order chi connectivity index (χ0) is 11.9. The SMILES string of the molecule is Cc1c(S(N)(=O)=O)cccc1S(N)(=O)=O. The lowest BCUT2D eigenvalue weighted by molar-refractivity contribution is 0.594. The van der Waals surface area contributed by atoms with Crippen molar-refractivity contribution in [3.05, 3.63) is 23.8 Å². The molecule has 1 aromatic carbocycles. The quantitative estimate of drug-likeness (QED) is 0.720. The van der Waals surface area contributed by atoms with Crippen LogP contribution >= 0.6 is 0 Å². The summed E-state index contributed by atoms with van der Waals surface area (Å²) >= 11 is 0. The second-order valence-corrected chi connectivity index (χ2v) is 6.03. The van der Waals surface area contributed by atoms with Gasteiger partial charge in [0.05, 0.1) is 9.79 Å². The highest BCUT2D eigenvalue weighted by Crippen LogP contribution is 2.20. The first-order valence-electron chi connectivity index (χ1n) is 3.79. The molecular weight excluding hydrogens is 240 g/mol. The minimum atomic E-state index is -3.94. The van der Waals surface area contributed by atoms with Gasteiger partial charge < -0.3 is 0 Å². The summed E-state index contributed by atoms with van der Waals surface area (Å²) in [6.07, 6.45) is 0. The predicted octanol–water partition coefficient (Wildman–Crippen LogP) is -0.710. The molecule has 8 heteroatoms. The van der Waals surface area contributed by atoms with Crippen LogP contribution in [0.15, 0.2) is 28.0 Å². The van der Waals surface area contributed by atoms with Crippen LogP contribution in [0, 0.1) is 6.92 Å². The van der Waals surface area contributed by atoms with Gasteiger partial charge >= 0.3 is 0 Å². The van der Waals surface area contributed by atoms with E-state index in [1.54, 1.807) is 0 Å². The van der Waals surface area contributed by atoms with E-state index in [4.69, 9.17) is 10.3 Å². The molecule has 0 saturated carbocycles. The van der Waals surface area contributed by atoms with Crippen molar-refractivity contribution in [2.75, 3.05) is 0 Å². The van der Waals surface area contributed by atoms with Gasteiger partial charge in [0.25, 0.3) is 0 Å². The standard InChI is InChI=1S/C7H10N2O4S2/c1-5-6(14(8,10)11)3-2-4-7(5)15(9,12)13/h2-4H,1H3,(H2,8,10,11)(H2,9,12,13). The van der Waals surface area contributed by atoms with E-state index in [1.807, 2.05) is 0 Å². The zero-order valence-corrected chi connectivity index (χ0v) is 9.47. The van der Waals surface area contributed by atoms with Crippen molar-refractivity contribution in [3.8, 4) is 0 Å². The van der Waals surface area contributed by atoms with Gasteiger partial charge in [0.2, 0.25) is 20.0 Å². The van der Waals surface area contributed by atoms with Gasteiger partial charge in [-0.15, -0.1) is 0 Å². The van der Waals surface area contributed by atoms with E-state index < -0.39 is 20.0 Å². The lowest BCUT2D eigenvalue weighted by Crippen LogP contribution is -2.18. The van der Waals surface area contributed by atoms with E-state index in [1.165, 1.54) is 25.1 Å². The van der Waals surface area contributed by atoms with Gasteiger partial charge in [0.1, 0.15) is 0 Å². The summed E-state index contributed by atoms with van der Waals surface area (Å²) in [7, 11) is -7.87. The monoisotopic (exact) mass is 250 g/mol. The van der Waals surface area contributed by atoms with Crippen LogP contribution in [0.5, 0.6) is 0 Å². The summed E-state index contributed by atoms with van der Waals surface area (Å²) in [6, 6.07) is 3.71. The molecule has 1 aromatic rings. The van der Waals surface area contributed by atoms with Gasteiger partial charge in [-0.3, -0.25) is 0 Å². The Morgan fingerprint density at radius 3 is 1.53 bits per heavy atom. The van der Waals surface area contributed by atoms with E-state index >= 15 is 0 Å². The minimum Gasteiger partial charge on any atom is -0.225 e. The molecule has 1 rings (SSSR count). The normalized spacial score (nSPS) is 12.7. The molecule has 0 aliphatic heterocycles. The highest BCUT2D eigenvalue weighted by Gasteiger charge is 2.18. The molecule has 4 N–H and O–H groups in total. The first-order chi connectivity index (χ1) is 6.64. The van der Waals surface area contributed by atoms with Crippen LogP contribution in [0.3, 0.4) is 0 Å². The van der Waals surface area contributed by atoms with Gasteiger partial charge in [-0.25, -0.2) is 27.1 Å². The fourth-order valence-electron chi connectivity index (χ4n) is 1.21. The summed E-state index contributed by atoms with van der Waals surface area (Å²) in [4.78, 5) is -0.483. The fourth-order valence-corrected chi connectivity index (χ4v) is 2.89. The molecule has 15 heavy (non-hydrogen) atoms. The number of primary sulfonamides is 2. The Bertz CT molecular complexity index is 539. The Kier molecular flexibility index (Phi) is 2.88. The lowest BCUT2D eigenvalue weighted by Gasteiger charge is -2.07. The van der Waals surface area contributed by atoms with E-state index in [-0.39, 0.29) is 15.4 Å². The number of sulfonamides is 2. The molecule has 0 aliphatic carbocycles. The van der Waals surface area contributed by atoms with Crippen molar-refractivity contribution in [1.82, 2.24) is 0 Å². The van der Waals surface area contributed by atoms with Gasteiger partial charge in [0, 0.05) is 0 Å². The third-order valence-corrected chi connectivity index (χ3v) is 3.96. The number of hydrogen-bond acceptors (Lipinski definition) is 4. The first kappa shape index (κ1) is 12.1. The number of hydrogen-bond donors (Lipinski definition) is 2. The molecule has 84 valence electrons. The second-order valence-electron chi connectivity index (χ2n) is 2.97. The molecule has 0 aromatic heterocycles. The van der Waals surface area contributed by atoms with Crippen LogP contribution in [-0.2, 0) is 20.0 Å². The lowest BCUT2D eigenvalue weighted by atomic mass is 10.2. The van der Waals surface area contributed by atoms with Crippen molar-refractivity contribution < 1.29 is 16.8 Å². The highest BCUT2D eigenvalue weighted by atomic mass is 32.2. The molecule has 0 aliphatic rings. The van der Waals surface area contributed by atoms with Crippen LogP contribution in [0.1, 0.15) is 5.56 Å². The van der Waals surface area contributed by atoms with Crippen molar-refractivity contribution in [2.45, 2.75) is 16.7 Å². The van der Waals surface area contributed by atoms with Crippen molar-refractivity contribution in [2.24, 2.45) is 10.3 Å². The Morgan fingerprint density at radius 2 is 1.27 bits per heavy atom. The average Bonchev–Trinajstić information content (AvgIpc) is 1.99. The van der Waals surface area contributed by atoms with E-state index in [0.29, 0.717) is 0 Å². The zero-order valence-electron chi connectivity index (χ0n) is 7.84. The van der Waals surface area contributed by atoms with Crippen molar-refractivity contribution >= 4 is 20.0 Å². The maximum absolute atomic E-state index is 11.1. The van der Waals surface area contributed by atoms with Gasteiger partial charge in [0.15, 0.2) is 0 Å². The van der Waals surface area contributed by atoms with Crippen LogP contribution in [-0.4, -0.2) is 16.8 Å². The summed E-state index contributed by atoms with van der Waals surface area (Å²) < 4.78 is 44.3. The first-order valence-corrected chi connectivity index (χ1v) is 6.88. The second kappa shape index (κ2) is 3.56. The van der Waals surface area contributed by atoms with Crippen LogP contribution in [0.25, 0.3) is 0 Å². The molecule has 0 saturated heterocycles. The van der Waals surface area contributed by atoms with E-state index in [9.17, 15) is 16.8 Å². The summed E-state index contributed by atoms with van der Waals surface area (Å²) in [5.41, 5.74) is 0.0301. The van der Waals surface area contributed by atoms with Crippen molar-refractivity contribution in [1.29, 1.82) is 0 Å². The molecule has 6 nitrogen and oxygen atoms in total. The molecule has 0 atom stereocenters. The third kappa shape index (κ3) is 2.53. The van der Waals surface area contributed by atoms with Gasteiger partial charge in [-0.1, -0.05) is 6.07 Å². The molecule has 0 fully saturated rings. The summed E-state index contributed by atoms with van der Waals surface area (Å²) in [5.74, 6) is 0. The van der Waals surface area contributed by atoms with Crippen LogP contribution in [0.2, 0.25) is 0 Å². The van der Waals surface area contributed by atoms with E-state index in [2.05, 4.69) is 0 Å². The minimum absolute atomic E-state index is 0.0301. The number of nitrogens with two attached hydrogens (primary N) is 2. The number of benzene rings is 1. The highest BCUT2D eigenvalue weighted by molar-refractivity contribution is 7.90. The Morgan fingerprint density at radius 1 is 0.933 bits per heavy atom.